The third-order valence-corrected chi connectivity index (χ3v) is 0.826. The molecule has 5 nitrogen and oxygen atoms in total. The summed E-state index contributed by atoms with van der Waals surface area (Å²) >= 11 is 0. The van der Waals surface area contributed by atoms with Crippen LogP contribution >= 0.6 is 0 Å². The molecular formula is C6H11N3O2. The molecule has 0 spiro atoms. The van der Waals surface area contributed by atoms with E-state index in [1.165, 1.54) is 0 Å². The molecule has 0 amide bonds. The summed E-state index contributed by atoms with van der Waals surface area (Å²) in [5.74, 6) is 0.402. The van der Waals surface area contributed by atoms with Gasteiger partial charge in [-0.15, -0.1) is 0 Å². The Labute approximate surface area is 63.5 Å². The van der Waals surface area contributed by atoms with E-state index in [2.05, 4.69) is 10.1 Å². The molecule has 1 heterocycles. The van der Waals surface area contributed by atoms with Gasteiger partial charge in [-0.3, -0.25) is 9.59 Å². The number of hydrogen-bond acceptors (Lipinski definition) is 3. The van der Waals surface area contributed by atoms with Crippen LogP contribution in [0.2, 0.25) is 0 Å². The van der Waals surface area contributed by atoms with Gasteiger partial charge in [0.1, 0.15) is 5.82 Å². The van der Waals surface area contributed by atoms with Crippen molar-refractivity contribution < 1.29 is 0 Å². The van der Waals surface area contributed by atoms with Crippen molar-refractivity contribution in [3.8, 4) is 0 Å². The summed E-state index contributed by atoms with van der Waals surface area (Å²) in [7, 11) is 0. The maximum atomic E-state index is 10.4. The zero-order valence-electron chi connectivity index (χ0n) is 6.76. The maximum absolute atomic E-state index is 10.4. The largest absolute Gasteiger partial charge is 0.329 e. The summed E-state index contributed by atoms with van der Waals surface area (Å²) in [4.78, 5) is 22.9. The van der Waals surface area contributed by atoms with Gasteiger partial charge in [0.15, 0.2) is 0 Å². The molecular weight excluding hydrogens is 146 g/mol. The number of hydrogen-bond donors (Lipinski definition) is 2. The lowest BCUT2D eigenvalue weighted by atomic mass is 10.7. The second-order valence-electron chi connectivity index (χ2n) is 1.59. The summed E-state index contributed by atoms with van der Waals surface area (Å²) in [5.41, 5.74) is -1.39. The average Bonchev–Trinajstić information content (AvgIpc) is 2.02. The van der Waals surface area contributed by atoms with Gasteiger partial charge in [0, 0.05) is 0 Å². The Balaban J connectivity index is 0.000000461. The first-order chi connectivity index (χ1) is 5.20. The van der Waals surface area contributed by atoms with Crippen molar-refractivity contribution in [2.24, 2.45) is 0 Å². The number of nitrogens with one attached hydrogen (secondary N) is 2. The van der Waals surface area contributed by atoms with E-state index in [9.17, 15) is 9.59 Å². The van der Waals surface area contributed by atoms with Crippen molar-refractivity contribution in [1.29, 1.82) is 0 Å². The van der Waals surface area contributed by atoms with Crippen LogP contribution in [-0.4, -0.2) is 15.2 Å². The molecule has 11 heavy (non-hydrogen) atoms. The lowest BCUT2D eigenvalue weighted by Crippen LogP contribution is -2.30. The minimum absolute atomic E-state index is 0.402. The van der Waals surface area contributed by atoms with Crippen LogP contribution in [0.3, 0.4) is 0 Å². The Morgan fingerprint density at radius 1 is 1.18 bits per heavy atom. The Morgan fingerprint density at radius 2 is 1.73 bits per heavy atom. The maximum Gasteiger partial charge on any atom is 0.329 e. The highest BCUT2D eigenvalue weighted by Crippen LogP contribution is 1.66. The van der Waals surface area contributed by atoms with Crippen LogP contribution in [0.1, 0.15) is 19.7 Å². The van der Waals surface area contributed by atoms with Gasteiger partial charge in [0.05, 0.1) is 0 Å². The molecule has 1 aromatic rings. The molecule has 0 aliphatic heterocycles. The summed E-state index contributed by atoms with van der Waals surface area (Å²) in [6.45, 7) is 5.58. The Kier molecular flexibility index (Phi) is 3.87. The first-order valence-corrected chi connectivity index (χ1v) is 3.36. The summed E-state index contributed by atoms with van der Waals surface area (Å²) in [6.07, 6.45) is 0. The van der Waals surface area contributed by atoms with Gasteiger partial charge >= 0.3 is 11.1 Å². The van der Waals surface area contributed by atoms with Crippen LogP contribution in [0.5, 0.6) is 0 Å². The van der Waals surface area contributed by atoms with Crippen molar-refractivity contribution in [3.05, 3.63) is 26.5 Å². The monoisotopic (exact) mass is 157 g/mol. The molecule has 62 valence electrons. The fraction of sp³-hybridized carbons (Fsp3) is 0.500. The molecule has 0 aromatic carbocycles. The van der Waals surface area contributed by atoms with Crippen molar-refractivity contribution >= 4 is 0 Å². The van der Waals surface area contributed by atoms with E-state index in [0.29, 0.717) is 5.82 Å². The highest BCUT2D eigenvalue weighted by atomic mass is 16.2. The predicted molar refractivity (Wildman–Crippen MR) is 41.6 cm³/mol. The lowest BCUT2D eigenvalue weighted by Gasteiger charge is -1.84. The summed E-state index contributed by atoms with van der Waals surface area (Å²) in [5, 5.41) is 5.46. The van der Waals surface area contributed by atoms with Gasteiger partial charge in [0.25, 0.3) is 0 Å². The molecule has 0 unspecified atom stereocenters. The van der Waals surface area contributed by atoms with E-state index in [4.69, 9.17) is 0 Å². The Morgan fingerprint density at radius 3 is 2.09 bits per heavy atom. The van der Waals surface area contributed by atoms with Gasteiger partial charge in [-0.2, -0.15) is 5.10 Å². The molecule has 5 heteroatoms. The number of H-pyrrole nitrogens is 2. The van der Waals surface area contributed by atoms with Crippen LogP contribution in [0.25, 0.3) is 0 Å². The Hall–Kier alpha value is -1.39. The zero-order valence-corrected chi connectivity index (χ0v) is 6.76. The van der Waals surface area contributed by atoms with E-state index in [1.807, 2.05) is 18.9 Å². The van der Waals surface area contributed by atoms with Crippen molar-refractivity contribution in [3.63, 3.8) is 0 Å². The fourth-order valence-corrected chi connectivity index (χ4v) is 0.434. The van der Waals surface area contributed by atoms with Crippen LogP contribution in [0, 0.1) is 6.92 Å². The fourth-order valence-electron chi connectivity index (χ4n) is 0.434. The van der Waals surface area contributed by atoms with Crippen LogP contribution < -0.4 is 11.1 Å². The second-order valence-corrected chi connectivity index (χ2v) is 1.59. The van der Waals surface area contributed by atoms with Gasteiger partial charge in [-0.05, 0) is 6.92 Å². The first kappa shape index (κ1) is 9.61. The minimum Gasteiger partial charge on any atom is -0.305 e. The predicted octanol–water partition coefficient (Wildman–Crippen LogP) is -0.207. The number of nitrogens with zero attached hydrogens (tertiary/aromatic N) is 1. The molecule has 0 saturated heterocycles. The van der Waals surface area contributed by atoms with E-state index in [0.717, 1.165) is 0 Å². The van der Waals surface area contributed by atoms with Gasteiger partial charge in [-0.1, -0.05) is 13.8 Å². The minimum atomic E-state index is -0.722. The SMILES string of the molecule is CC.Cc1n[nH]c(=O)c(=O)[nH]1. The molecule has 0 aliphatic rings. The third kappa shape index (κ3) is 2.79. The van der Waals surface area contributed by atoms with Crippen LogP contribution in [0.15, 0.2) is 9.59 Å². The highest BCUT2D eigenvalue weighted by Gasteiger charge is 1.90. The van der Waals surface area contributed by atoms with Gasteiger partial charge in [-0.25, -0.2) is 5.10 Å². The smallest absolute Gasteiger partial charge is 0.305 e. The molecule has 2 N–H and O–H groups in total. The molecule has 0 fully saturated rings. The highest BCUT2D eigenvalue weighted by molar-refractivity contribution is 4.77. The van der Waals surface area contributed by atoms with E-state index < -0.39 is 11.1 Å². The van der Waals surface area contributed by atoms with Gasteiger partial charge < -0.3 is 4.98 Å². The molecule has 0 radical (unpaired) electrons. The van der Waals surface area contributed by atoms with Gasteiger partial charge in [0.2, 0.25) is 0 Å². The lowest BCUT2D eigenvalue weighted by molar-refractivity contribution is 0.852. The van der Waals surface area contributed by atoms with Crippen LogP contribution in [0.4, 0.5) is 0 Å². The molecule has 1 aromatic heterocycles. The molecule has 1 rings (SSSR count). The van der Waals surface area contributed by atoms with E-state index in [-0.39, 0.29) is 0 Å². The first-order valence-electron chi connectivity index (χ1n) is 3.36. The van der Waals surface area contributed by atoms with Crippen molar-refractivity contribution in [2.45, 2.75) is 20.8 Å². The zero-order chi connectivity index (χ0) is 8.85. The van der Waals surface area contributed by atoms with E-state index >= 15 is 0 Å². The quantitative estimate of drug-likeness (QED) is 0.511. The normalized spacial score (nSPS) is 8.27. The summed E-state index contributed by atoms with van der Waals surface area (Å²) in [6, 6.07) is 0. The number of aromatic amines is 2. The van der Waals surface area contributed by atoms with E-state index in [1.54, 1.807) is 6.92 Å². The number of rotatable bonds is 0. The third-order valence-electron chi connectivity index (χ3n) is 0.826. The Bertz CT molecular complexity index is 312. The topological polar surface area (TPSA) is 78.6 Å². The molecule has 0 aliphatic carbocycles. The molecule has 0 atom stereocenters. The molecule has 0 saturated carbocycles. The van der Waals surface area contributed by atoms with Crippen molar-refractivity contribution in [2.75, 3.05) is 0 Å². The summed E-state index contributed by atoms with van der Waals surface area (Å²) < 4.78 is 0. The number of aryl methyl sites for hydroxylation is 1. The van der Waals surface area contributed by atoms with Crippen molar-refractivity contribution in [1.82, 2.24) is 15.2 Å². The average molecular weight is 157 g/mol. The van der Waals surface area contributed by atoms with Crippen LogP contribution in [-0.2, 0) is 0 Å². The standard InChI is InChI=1S/C4H5N3O2.C2H6/c1-2-5-3(8)4(9)7-6-2;1-2/h1H3,(H,7,9)(H,5,6,8);1-2H3. The second kappa shape index (κ2) is 4.43. The number of aromatic nitrogens is 3. The molecule has 0 bridgehead atoms.